The van der Waals surface area contributed by atoms with E-state index in [0.717, 1.165) is 19.3 Å². The lowest BCUT2D eigenvalue weighted by Gasteiger charge is -2.22. The zero-order valence-electron chi connectivity index (χ0n) is 10.4. The number of aryl methyl sites for hydroxylation is 1. The van der Waals surface area contributed by atoms with Crippen molar-refractivity contribution in [3.8, 4) is 0 Å². The summed E-state index contributed by atoms with van der Waals surface area (Å²) < 4.78 is 1.83. The summed E-state index contributed by atoms with van der Waals surface area (Å²) in [7, 11) is 1.88. The van der Waals surface area contributed by atoms with Gasteiger partial charge in [-0.1, -0.05) is 19.3 Å². The maximum atomic E-state index is 12.1. The maximum Gasteiger partial charge on any atom is 0.268 e. The second-order valence-corrected chi connectivity index (χ2v) is 4.89. The van der Waals surface area contributed by atoms with Crippen molar-refractivity contribution in [3.05, 3.63) is 24.0 Å². The van der Waals surface area contributed by atoms with E-state index in [9.17, 15) is 4.79 Å². The predicted molar refractivity (Wildman–Crippen MR) is 67.7 cm³/mol. The third-order valence-corrected chi connectivity index (χ3v) is 3.56. The minimum atomic E-state index is -0.0140. The highest BCUT2D eigenvalue weighted by Gasteiger charge is 2.23. The normalized spacial score (nSPS) is 25.3. The number of aromatic nitrogens is 1. The second-order valence-electron chi connectivity index (χ2n) is 4.89. The van der Waals surface area contributed by atoms with Crippen molar-refractivity contribution in [3.63, 3.8) is 0 Å². The van der Waals surface area contributed by atoms with Gasteiger partial charge in [-0.15, -0.1) is 0 Å². The lowest BCUT2D eigenvalue weighted by Crippen LogP contribution is -2.47. The molecule has 2 atom stereocenters. The number of hydrogen-bond acceptors (Lipinski definition) is 2. The molecule has 1 amide bonds. The highest BCUT2D eigenvalue weighted by Crippen LogP contribution is 2.17. The van der Waals surface area contributed by atoms with Crippen LogP contribution in [-0.4, -0.2) is 22.6 Å². The first-order valence-electron chi connectivity index (χ1n) is 6.36. The first-order valence-corrected chi connectivity index (χ1v) is 6.36. The summed E-state index contributed by atoms with van der Waals surface area (Å²) in [6.45, 7) is 0. The van der Waals surface area contributed by atoms with Crippen LogP contribution in [0.5, 0.6) is 0 Å². The van der Waals surface area contributed by atoms with E-state index >= 15 is 0 Å². The molecule has 0 aromatic carbocycles. The first-order chi connectivity index (χ1) is 8.18. The van der Waals surface area contributed by atoms with Crippen molar-refractivity contribution in [2.24, 2.45) is 12.8 Å². The molecule has 1 aromatic heterocycles. The van der Waals surface area contributed by atoms with E-state index < -0.39 is 0 Å². The molecule has 94 valence electrons. The fourth-order valence-electron chi connectivity index (χ4n) is 2.45. The Balaban J connectivity index is 2.00. The Morgan fingerprint density at radius 1 is 1.41 bits per heavy atom. The third kappa shape index (κ3) is 2.88. The van der Waals surface area contributed by atoms with E-state index in [-0.39, 0.29) is 18.0 Å². The molecule has 17 heavy (non-hydrogen) atoms. The Kier molecular flexibility index (Phi) is 3.84. The molecule has 0 radical (unpaired) electrons. The number of rotatable bonds is 2. The summed E-state index contributed by atoms with van der Waals surface area (Å²) in [5.74, 6) is -0.0140. The van der Waals surface area contributed by atoms with Gasteiger partial charge in [-0.25, -0.2) is 0 Å². The van der Waals surface area contributed by atoms with E-state index in [0.29, 0.717) is 5.69 Å². The molecule has 0 bridgehead atoms. The van der Waals surface area contributed by atoms with Crippen molar-refractivity contribution >= 4 is 5.91 Å². The van der Waals surface area contributed by atoms with Crippen LogP contribution in [0.25, 0.3) is 0 Å². The van der Waals surface area contributed by atoms with Crippen molar-refractivity contribution in [2.75, 3.05) is 0 Å². The fourth-order valence-corrected chi connectivity index (χ4v) is 2.45. The second kappa shape index (κ2) is 5.36. The van der Waals surface area contributed by atoms with E-state index in [1.807, 2.05) is 29.9 Å². The summed E-state index contributed by atoms with van der Waals surface area (Å²) in [6, 6.07) is 3.93. The average Bonchev–Trinajstić information content (AvgIpc) is 2.63. The molecular weight excluding hydrogens is 214 g/mol. The van der Waals surface area contributed by atoms with Crippen molar-refractivity contribution in [1.82, 2.24) is 9.88 Å². The number of nitrogens with one attached hydrogen (secondary N) is 1. The van der Waals surface area contributed by atoms with Gasteiger partial charge in [0.25, 0.3) is 5.91 Å². The lowest BCUT2D eigenvalue weighted by atomic mass is 10.0. The number of hydrogen-bond donors (Lipinski definition) is 2. The average molecular weight is 235 g/mol. The maximum absolute atomic E-state index is 12.1. The van der Waals surface area contributed by atoms with Crippen LogP contribution in [0.2, 0.25) is 0 Å². The molecule has 2 rings (SSSR count). The van der Waals surface area contributed by atoms with E-state index in [4.69, 9.17) is 5.73 Å². The summed E-state index contributed by atoms with van der Waals surface area (Å²) in [5, 5.41) is 3.07. The molecule has 1 aliphatic carbocycles. The molecule has 1 aromatic rings. The molecular formula is C13H21N3O. The number of nitrogens with zero attached hydrogens (tertiary/aromatic N) is 1. The number of nitrogens with two attached hydrogens (primary N) is 1. The Morgan fingerprint density at radius 2 is 2.18 bits per heavy atom. The van der Waals surface area contributed by atoms with Crippen LogP contribution in [0.1, 0.15) is 42.6 Å². The van der Waals surface area contributed by atoms with Crippen LogP contribution in [0.3, 0.4) is 0 Å². The zero-order valence-corrected chi connectivity index (χ0v) is 10.4. The summed E-state index contributed by atoms with van der Waals surface area (Å²) in [6.07, 6.45) is 7.45. The zero-order chi connectivity index (χ0) is 12.3. The van der Waals surface area contributed by atoms with Crippen LogP contribution in [0.4, 0.5) is 0 Å². The van der Waals surface area contributed by atoms with Gasteiger partial charge in [-0.2, -0.15) is 0 Å². The number of carbonyl (C=O) groups is 1. The van der Waals surface area contributed by atoms with Crippen LogP contribution < -0.4 is 11.1 Å². The fraction of sp³-hybridized carbons (Fsp3) is 0.615. The molecule has 1 aliphatic rings. The van der Waals surface area contributed by atoms with Gasteiger partial charge in [-0.3, -0.25) is 4.79 Å². The molecule has 3 N–H and O–H groups in total. The Bertz CT molecular complexity index is 386. The van der Waals surface area contributed by atoms with Crippen LogP contribution >= 0.6 is 0 Å². The molecule has 0 spiro atoms. The largest absolute Gasteiger partial charge is 0.347 e. The van der Waals surface area contributed by atoms with Crippen LogP contribution in [-0.2, 0) is 7.05 Å². The van der Waals surface area contributed by atoms with Gasteiger partial charge in [0.05, 0.1) is 0 Å². The SMILES string of the molecule is Cn1cccc1C(=O)NC1CCCCCC1N. The van der Waals surface area contributed by atoms with Gasteiger partial charge < -0.3 is 15.6 Å². The van der Waals surface area contributed by atoms with Crippen LogP contribution in [0, 0.1) is 0 Å². The van der Waals surface area contributed by atoms with E-state index in [1.165, 1.54) is 12.8 Å². The third-order valence-electron chi connectivity index (χ3n) is 3.56. The molecule has 2 unspecified atom stereocenters. The van der Waals surface area contributed by atoms with E-state index in [1.54, 1.807) is 0 Å². The van der Waals surface area contributed by atoms with Crippen LogP contribution in [0.15, 0.2) is 18.3 Å². The quantitative estimate of drug-likeness (QED) is 0.761. The van der Waals surface area contributed by atoms with Gasteiger partial charge in [0.2, 0.25) is 0 Å². The van der Waals surface area contributed by atoms with Crippen molar-refractivity contribution in [2.45, 2.75) is 44.2 Å². The molecule has 1 heterocycles. The monoisotopic (exact) mass is 235 g/mol. The van der Waals surface area contributed by atoms with Gasteiger partial charge in [0.15, 0.2) is 0 Å². The van der Waals surface area contributed by atoms with Gasteiger partial charge in [0, 0.05) is 25.3 Å². The van der Waals surface area contributed by atoms with Gasteiger partial charge >= 0.3 is 0 Å². The predicted octanol–water partition coefficient (Wildman–Crippen LogP) is 1.41. The minimum absolute atomic E-state index is 0.0140. The van der Waals surface area contributed by atoms with Gasteiger partial charge in [-0.05, 0) is 25.0 Å². The Morgan fingerprint density at radius 3 is 2.88 bits per heavy atom. The Labute approximate surface area is 102 Å². The minimum Gasteiger partial charge on any atom is -0.347 e. The van der Waals surface area contributed by atoms with Crippen molar-refractivity contribution < 1.29 is 4.79 Å². The number of amides is 1. The molecule has 4 heteroatoms. The summed E-state index contributed by atoms with van der Waals surface area (Å²) in [5.41, 5.74) is 6.79. The highest BCUT2D eigenvalue weighted by molar-refractivity contribution is 5.92. The topological polar surface area (TPSA) is 60.0 Å². The highest BCUT2D eigenvalue weighted by atomic mass is 16.2. The number of carbonyl (C=O) groups excluding carboxylic acids is 1. The Hall–Kier alpha value is -1.29. The molecule has 1 fully saturated rings. The van der Waals surface area contributed by atoms with Crippen molar-refractivity contribution in [1.29, 1.82) is 0 Å². The molecule has 4 nitrogen and oxygen atoms in total. The molecule has 0 saturated heterocycles. The van der Waals surface area contributed by atoms with E-state index in [2.05, 4.69) is 5.32 Å². The summed E-state index contributed by atoms with van der Waals surface area (Å²) >= 11 is 0. The molecule has 0 aliphatic heterocycles. The summed E-state index contributed by atoms with van der Waals surface area (Å²) in [4.78, 5) is 12.1. The van der Waals surface area contributed by atoms with Gasteiger partial charge in [0.1, 0.15) is 5.69 Å². The smallest absolute Gasteiger partial charge is 0.268 e. The molecule has 1 saturated carbocycles. The standard InChI is InChI=1S/C13H21N3O/c1-16-9-5-8-12(16)13(17)15-11-7-4-2-3-6-10(11)14/h5,8-11H,2-4,6-7,14H2,1H3,(H,15,17). The first kappa shape index (κ1) is 12.2. The lowest BCUT2D eigenvalue weighted by molar-refractivity contribution is 0.0920.